The predicted octanol–water partition coefficient (Wildman–Crippen LogP) is 5.25. The first kappa shape index (κ1) is 17.0. The molecule has 2 heteroatoms. The summed E-state index contributed by atoms with van der Waals surface area (Å²) in [5.41, 5.74) is 2.65. The lowest BCUT2D eigenvalue weighted by molar-refractivity contribution is 0.229. The standard InChI is InChI=1S/C17H35NSi/c1-4-14-19(15-5-2,16-6-3)17-10-13-18-11-8-7-9-12-18/h4,14H,5-13,15-17H2,1-3H3. The fourth-order valence-electron chi connectivity index (χ4n) is 3.81. The Morgan fingerprint density at radius 2 is 1.58 bits per heavy atom. The molecule has 1 aliphatic heterocycles. The third-order valence-electron chi connectivity index (χ3n) is 4.61. The van der Waals surface area contributed by atoms with Gasteiger partial charge in [-0.25, -0.2) is 0 Å². The summed E-state index contributed by atoms with van der Waals surface area (Å²) in [6, 6.07) is 4.53. The average molecular weight is 282 g/mol. The maximum atomic E-state index is 2.70. The van der Waals surface area contributed by atoms with Gasteiger partial charge in [-0.3, -0.25) is 0 Å². The summed E-state index contributed by atoms with van der Waals surface area (Å²) in [5.74, 6) is 0. The van der Waals surface area contributed by atoms with E-state index < -0.39 is 8.07 Å². The van der Waals surface area contributed by atoms with E-state index in [2.05, 4.69) is 37.4 Å². The summed E-state index contributed by atoms with van der Waals surface area (Å²) < 4.78 is 0. The Balaban J connectivity index is 2.41. The Bertz CT molecular complexity index is 238. The van der Waals surface area contributed by atoms with E-state index in [4.69, 9.17) is 0 Å². The van der Waals surface area contributed by atoms with Crippen LogP contribution in [0.1, 0.15) is 59.3 Å². The number of piperidine rings is 1. The van der Waals surface area contributed by atoms with Crippen molar-refractivity contribution in [1.29, 1.82) is 0 Å². The third kappa shape index (κ3) is 6.27. The van der Waals surface area contributed by atoms with Gasteiger partial charge < -0.3 is 4.90 Å². The minimum absolute atomic E-state index is 1.09. The zero-order valence-corrected chi connectivity index (χ0v) is 14.6. The fraction of sp³-hybridized carbons (Fsp3) is 0.882. The van der Waals surface area contributed by atoms with Crippen molar-refractivity contribution < 1.29 is 0 Å². The van der Waals surface area contributed by atoms with Crippen LogP contribution in [-0.4, -0.2) is 32.6 Å². The first-order valence-electron chi connectivity index (χ1n) is 8.62. The number of allylic oxidation sites excluding steroid dienone is 1. The summed E-state index contributed by atoms with van der Waals surface area (Å²) in [7, 11) is -1.09. The van der Waals surface area contributed by atoms with Crippen LogP contribution in [0.3, 0.4) is 0 Å². The van der Waals surface area contributed by atoms with Crippen LogP contribution in [-0.2, 0) is 0 Å². The Kier molecular flexibility index (Phi) is 8.72. The quantitative estimate of drug-likeness (QED) is 0.522. The molecule has 0 aliphatic carbocycles. The van der Waals surface area contributed by atoms with Gasteiger partial charge in [0.25, 0.3) is 0 Å². The molecular formula is C17H35NSi. The van der Waals surface area contributed by atoms with E-state index in [9.17, 15) is 0 Å². The zero-order chi connectivity index (χ0) is 14.0. The first-order valence-corrected chi connectivity index (χ1v) is 11.3. The molecule has 0 amide bonds. The van der Waals surface area contributed by atoms with E-state index in [1.807, 2.05) is 0 Å². The Labute approximate surface area is 122 Å². The molecule has 1 saturated heterocycles. The molecule has 19 heavy (non-hydrogen) atoms. The molecule has 0 atom stereocenters. The van der Waals surface area contributed by atoms with Gasteiger partial charge in [-0.15, -0.1) is 0 Å². The maximum absolute atomic E-state index is 2.70. The van der Waals surface area contributed by atoms with Gasteiger partial charge >= 0.3 is 0 Å². The average Bonchev–Trinajstić information content (AvgIpc) is 2.41. The van der Waals surface area contributed by atoms with Gasteiger partial charge in [0, 0.05) is 0 Å². The van der Waals surface area contributed by atoms with Crippen LogP contribution >= 0.6 is 0 Å². The SMILES string of the molecule is CC=C[Si](CCC)(CCC)CCCN1CCCCC1. The molecule has 112 valence electrons. The highest BCUT2D eigenvalue weighted by Gasteiger charge is 2.27. The van der Waals surface area contributed by atoms with Crippen molar-refractivity contribution in [2.24, 2.45) is 0 Å². The zero-order valence-electron chi connectivity index (χ0n) is 13.6. The Morgan fingerprint density at radius 3 is 2.11 bits per heavy atom. The number of hydrogen-bond donors (Lipinski definition) is 0. The Morgan fingerprint density at radius 1 is 0.947 bits per heavy atom. The Hall–Kier alpha value is -0.0831. The van der Waals surface area contributed by atoms with Crippen molar-refractivity contribution in [3.63, 3.8) is 0 Å². The van der Waals surface area contributed by atoms with E-state index in [0.717, 1.165) is 0 Å². The van der Waals surface area contributed by atoms with Crippen LogP contribution < -0.4 is 0 Å². The maximum Gasteiger partial charge on any atom is 0.0774 e. The first-order chi connectivity index (χ1) is 9.26. The monoisotopic (exact) mass is 281 g/mol. The van der Waals surface area contributed by atoms with E-state index in [1.54, 1.807) is 0 Å². The molecular weight excluding hydrogens is 246 g/mol. The predicted molar refractivity (Wildman–Crippen MR) is 90.5 cm³/mol. The number of nitrogens with zero attached hydrogens (tertiary/aromatic N) is 1. The molecule has 1 fully saturated rings. The molecule has 1 nitrogen and oxygen atoms in total. The molecule has 0 bridgehead atoms. The molecule has 0 saturated carbocycles. The second-order valence-corrected chi connectivity index (χ2v) is 10.9. The molecule has 1 aliphatic rings. The molecule has 0 aromatic heterocycles. The summed E-state index contributed by atoms with van der Waals surface area (Å²) in [6.07, 6.45) is 10.9. The molecule has 0 aromatic carbocycles. The number of hydrogen-bond acceptors (Lipinski definition) is 1. The van der Waals surface area contributed by atoms with Gasteiger partial charge in [0.05, 0.1) is 8.07 Å². The van der Waals surface area contributed by atoms with Crippen LogP contribution in [0.2, 0.25) is 18.1 Å². The van der Waals surface area contributed by atoms with Gasteiger partial charge in [-0.1, -0.05) is 63.0 Å². The van der Waals surface area contributed by atoms with Crippen molar-refractivity contribution >= 4 is 8.07 Å². The van der Waals surface area contributed by atoms with Gasteiger partial charge in [-0.2, -0.15) is 0 Å². The van der Waals surface area contributed by atoms with Crippen molar-refractivity contribution in [2.45, 2.75) is 77.4 Å². The highest BCUT2D eigenvalue weighted by molar-refractivity contribution is 6.84. The summed E-state index contributed by atoms with van der Waals surface area (Å²) >= 11 is 0. The lowest BCUT2D eigenvalue weighted by Crippen LogP contribution is -2.35. The summed E-state index contributed by atoms with van der Waals surface area (Å²) in [6.45, 7) is 11.0. The molecule has 0 spiro atoms. The van der Waals surface area contributed by atoms with E-state index in [-0.39, 0.29) is 0 Å². The second-order valence-electron chi connectivity index (χ2n) is 6.37. The van der Waals surface area contributed by atoms with Crippen LogP contribution in [0.25, 0.3) is 0 Å². The summed E-state index contributed by atoms with van der Waals surface area (Å²) in [5, 5.41) is 0. The minimum Gasteiger partial charge on any atom is -0.303 e. The molecule has 1 heterocycles. The van der Waals surface area contributed by atoms with Crippen LogP contribution in [0, 0.1) is 0 Å². The van der Waals surface area contributed by atoms with Crippen molar-refractivity contribution in [3.05, 3.63) is 11.8 Å². The minimum atomic E-state index is -1.09. The van der Waals surface area contributed by atoms with Crippen molar-refractivity contribution in [2.75, 3.05) is 19.6 Å². The van der Waals surface area contributed by atoms with Crippen molar-refractivity contribution in [1.82, 2.24) is 4.90 Å². The lowest BCUT2D eigenvalue weighted by Gasteiger charge is -2.31. The van der Waals surface area contributed by atoms with E-state index in [1.165, 1.54) is 76.3 Å². The molecule has 0 unspecified atom stereocenters. The molecule has 0 aromatic rings. The fourth-order valence-corrected chi connectivity index (χ4v) is 8.62. The largest absolute Gasteiger partial charge is 0.303 e. The van der Waals surface area contributed by atoms with Gasteiger partial charge in [0.1, 0.15) is 0 Å². The van der Waals surface area contributed by atoms with Gasteiger partial charge in [0.2, 0.25) is 0 Å². The highest BCUT2D eigenvalue weighted by atomic mass is 28.3. The van der Waals surface area contributed by atoms with E-state index >= 15 is 0 Å². The second kappa shape index (κ2) is 9.76. The van der Waals surface area contributed by atoms with E-state index in [0.29, 0.717) is 0 Å². The molecule has 1 rings (SSSR count). The van der Waals surface area contributed by atoms with Gasteiger partial charge in [-0.05, 0) is 45.8 Å². The smallest absolute Gasteiger partial charge is 0.0774 e. The normalized spacial score (nSPS) is 18.3. The third-order valence-corrected chi connectivity index (χ3v) is 10.00. The van der Waals surface area contributed by atoms with Crippen LogP contribution in [0.15, 0.2) is 11.8 Å². The van der Waals surface area contributed by atoms with Crippen molar-refractivity contribution in [3.8, 4) is 0 Å². The lowest BCUT2D eigenvalue weighted by atomic mass is 10.1. The van der Waals surface area contributed by atoms with Crippen LogP contribution in [0.4, 0.5) is 0 Å². The summed E-state index contributed by atoms with van der Waals surface area (Å²) in [4.78, 5) is 2.70. The topological polar surface area (TPSA) is 3.24 Å². The van der Waals surface area contributed by atoms with Gasteiger partial charge in [0.15, 0.2) is 0 Å². The molecule has 0 radical (unpaired) electrons. The molecule has 0 N–H and O–H groups in total. The number of rotatable bonds is 9. The highest BCUT2D eigenvalue weighted by Crippen LogP contribution is 2.28. The number of likely N-dealkylation sites (tertiary alicyclic amines) is 1. The van der Waals surface area contributed by atoms with Crippen LogP contribution in [0.5, 0.6) is 0 Å².